The van der Waals surface area contributed by atoms with Gasteiger partial charge in [-0.05, 0) is 72.2 Å². The largest absolute Gasteiger partial charge is 0.341 e. The van der Waals surface area contributed by atoms with Crippen molar-refractivity contribution < 1.29 is 16.8 Å². The molecule has 52 heavy (non-hydrogen) atoms. The Morgan fingerprint density at radius 2 is 0.788 bits per heavy atom. The molecular weight excluding hydrogens is 693 g/mol. The Bertz CT molecular complexity index is 2180. The van der Waals surface area contributed by atoms with E-state index in [0.717, 1.165) is 44.8 Å². The highest BCUT2D eigenvalue weighted by molar-refractivity contribution is 7.89. The number of aromatic nitrogens is 4. The highest BCUT2D eigenvalue weighted by Gasteiger charge is 2.28. The van der Waals surface area contributed by atoms with Crippen molar-refractivity contribution in [3.63, 3.8) is 0 Å². The number of sulfonamides is 2. The minimum atomic E-state index is -3.75. The lowest BCUT2D eigenvalue weighted by atomic mass is 10.0. The van der Waals surface area contributed by atoms with Gasteiger partial charge in [0.15, 0.2) is 0 Å². The van der Waals surface area contributed by atoms with Gasteiger partial charge in [-0.2, -0.15) is 0 Å². The van der Waals surface area contributed by atoms with Crippen molar-refractivity contribution in [1.29, 1.82) is 0 Å². The number of aryl methyl sites for hydroxylation is 2. The molecule has 12 heteroatoms. The minimum absolute atomic E-state index is 0.0496. The van der Waals surface area contributed by atoms with E-state index in [1.54, 1.807) is 60.9 Å². The van der Waals surface area contributed by atoms with Gasteiger partial charge in [0.05, 0.1) is 45.7 Å². The molecule has 10 nitrogen and oxygen atoms in total. The predicted octanol–water partition coefficient (Wildman–Crippen LogP) is 8.10. The first kappa shape index (κ1) is 36.9. The lowest BCUT2D eigenvalue weighted by Crippen LogP contribution is -2.32. The minimum Gasteiger partial charge on any atom is -0.341 e. The van der Waals surface area contributed by atoms with Crippen molar-refractivity contribution in [2.75, 3.05) is 0 Å². The average Bonchev–Trinajstić information content (AvgIpc) is 3.81. The summed E-state index contributed by atoms with van der Waals surface area (Å²) in [4.78, 5) is 16.2. The highest BCUT2D eigenvalue weighted by atomic mass is 32.2. The van der Waals surface area contributed by atoms with Gasteiger partial charge >= 0.3 is 0 Å². The maximum Gasteiger partial charge on any atom is 0.241 e. The second-order valence-electron chi connectivity index (χ2n) is 13.8. The summed E-state index contributed by atoms with van der Waals surface area (Å²) in [5.41, 5.74) is 7.44. The highest BCUT2D eigenvalue weighted by Crippen LogP contribution is 2.30. The number of imidazole rings is 2. The number of H-pyrrole nitrogens is 2. The number of hydrogen-bond donors (Lipinski definition) is 4. The van der Waals surface area contributed by atoms with Crippen molar-refractivity contribution in [2.45, 2.75) is 63.4 Å². The van der Waals surface area contributed by atoms with E-state index in [0.29, 0.717) is 11.6 Å². The number of benzene rings is 4. The molecule has 0 amide bonds. The van der Waals surface area contributed by atoms with Gasteiger partial charge in [-0.15, -0.1) is 0 Å². The summed E-state index contributed by atoms with van der Waals surface area (Å²) < 4.78 is 58.3. The van der Waals surface area contributed by atoms with Crippen LogP contribution in [0.2, 0.25) is 0 Å². The maximum atomic E-state index is 13.2. The van der Waals surface area contributed by atoms with Crippen LogP contribution in [0.15, 0.2) is 119 Å². The molecule has 6 aromatic rings. The van der Waals surface area contributed by atoms with Gasteiger partial charge in [0, 0.05) is 0 Å². The summed E-state index contributed by atoms with van der Waals surface area (Å²) >= 11 is 0. The lowest BCUT2D eigenvalue weighted by molar-refractivity contribution is 0.447. The van der Waals surface area contributed by atoms with Crippen LogP contribution in [0.5, 0.6) is 0 Å². The molecule has 2 atom stereocenters. The molecule has 0 saturated heterocycles. The smallest absolute Gasteiger partial charge is 0.241 e. The van der Waals surface area contributed by atoms with Gasteiger partial charge < -0.3 is 9.97 Å². The van der Waals surface area contributed by atoms with Crippen LogP contribution in [-0.4, -0.2) is 36.8 Å². The third kappa shape index (κ3) is 8.26. The third-order valence-electron chi connectivity index (χ3n) is 9.07. The molecule has 0 radical (unpaired) electrons. The zero-order valence-corrected chi connectivity index (χ0v) is 31.7. The van der Waals surface area contributed by atoms with Crippen molar-refractivity contribution in [2.24, 2.45) is 11.8 Å². The Labute approximate surface area is 306 Å². The number of rotatable bonds is 13. The van der Waals surface area contributed by atoms with E-state index in [9.17, 15) is 16.8 Å². The molecule has 0 fully saturated rings. The molecule has 0 spiro atoms. The first-order valence-corrected chi connectivity index (χ1v) is 20.2. The number of nitrogens with zero attached hydrogens (tertiary/aromatic N) is 2. The maximum absolute atomic E-state index is 13.2. The van der Waals surface area contributed by atoms with Crippen molar-refractivity contribution in [3.05, 3.63) is 132 Å². The zero-order valence-electron chi connectivity index (χ0n) is 30.0. The van der Waals surface area contributed by atoms with Crippen LogP contribution in [0, 0.1) is 25.7 Å². The fraction of sp³-hybridized carbons (Fsp3) is 0.250. The Hall–Kier alpha value is -4.88. The summed E-state index contributed by atoms with van der Waals surface area (Å²) in [5.74, 6) is 0.995. The van der Waals surface area contributed by atoms with Gasteiger partial charge in [0.25, 0.3) is 0 Å². The fourth-order valence-corrected chi connectivity index (χ4v) is 8.58. The molecule has 6 rings (SSSR count). The molecule has 4 N–H and O–H groups in total. The molecule has 2 aromatic heterocycles. The predicted molar refractivity (Wildman–Crippen MR) is 205 cm³/mol. The Balaban J connectivity index is 1.14. The van der Waals surface area contributed by atoms with Crippen LogP contribution in [0.4, 0.5) is 0 Å². The van der Waals surface area contributed by atoms with E-state index in [2.05, 4.69) is 29.4 Å². The fourth-order valence-electron chi connectivity index (χ4n) is 5.89. The molecule has 0 aliphatic heterocycles. The van der Waals surface area contributed by atoms with E-state index in [4.69, 9.17) is 0 Å². The zero-order chi connectivity index (χ0) is 37.2. The van der Waals surface area contributed by atoms with Crippen molar-refractivity contribution in [3.8, 4) is 33.6 Å². The van der Waals surface area contributed by atoms with Crippen LogP contribution >= 0.6 is 0 Å². The first-order valence-electron chi connectivity index (χ1n) is 17.2. The Kier molecular flexibility index (Phi) is 10.6. The number of aromatic amines is 2. The second kappa shape index (κ2) is 15.0. The van der Waals surface area contributed by atoms with Crippen LogP contribution in [0.25, 0.3) is 33.6 Å². The summed E-state index contributed by atoms with van der Waals surface area (Å²) in [6, 6.07) is 28.6. The topological polar surface area (TPSA) is 150 Å². The van der Waals surface area contributed by atoms with Gasteiger partial charge in [-0.3, -0.25) is 0 Å². The van der Waals surface area contributed by atoms with Crippen LogP contribution in [-0.2, 0) is 20.0 Å². The molecule has 0 bridgehead atoms. The van der Waals surface area contributed by atoms with E-state index in [-0.39, 0.29) is 21.6 Å². The van der Waals surface area contributed by atoms with Crippen LogP contribution < -0.4 is 9.44 Å². The molecule has 4 aromatic carbocycles. The molecule has 0 aliphatic carbocycles. The van der Waals surface area contributed by atoms with Gasteiger partial charge in [-0.25, -0.2) is 36.2 Å². The van der Waals surface area contributed by atoms with E-state index >= 15 is 0 Å². The summed E-state index contributed by atoms with van der Waals surface area (Å²) in [5, 5.41) is 0. The monoisotopic (exact) mass is 736 g/mol. The lowest BCUT2D eigenvalue weighted by Gasteiger charge is -2.20. The van der Waals surface area contributed by atoms with E-state index in [1.165, 1.54) is 0 Å². The SMILES string of the molecule is Cc1ccc(S(=O)(=O)N[C@H](c2ncc(-c3ccc(-c4ccc(-c5cnc([C@@H](NS(=O)(=O)c6ccc(C)cc6)C(C)C)[nH]5)cc4)cc3)[nH]2)C(C)C)cc1. The van der Waals surface area contributed by atoms with Crippen LogP contribution in [0.3, 0.4) is 0 Å². The van der Waals surface area contributed by atoms with E-state index in [1.807, 2.05) is 90.1 Å². The average molecular weight is 737 g/mol. The quantitative estimate of drug-likeness (QED) is 0.0942. The standard InChI is InChI=1S/C40H44N6O4S2/c1-25(2)37(45-51(47,48)33-19-7-27(5)8-20-33)39-41-23-35(43-39)31-15-11-29(12-16-31)30-13-17-32(18-14-30)36-24-42-40(44-36)38(26(3)4)46-52(49,50)34-21-9-28(6)10-22-34/h7-26,37-38,45-46H,1-6H3,(H,41,43)(H,42,44)/t37-,38-/m0/s1. The van der Waals surface area contributed by atoms with Gasteiger partial charge in [0.1, 0.15) is 11.6 Å². The Morgan fingerprint density at radius 3 is 1.10 bits per heavy atom. The third-order valence-corrected chi connectivity index (χ3v) is 12.0. The Morgan fingerprint density at radius 1 is 0.481 bits per heavy atom. The van der Waals surface area contributed by atoms with Crippen molar-refractivity contribution in [1.82, 2.24) is 29.4 Å². The molecule has 0 aliphatic rings. The molecule has 0 saturated carbocycles. The van der Waals surface area contributed by atoms with Gasteiger partial charge in [0.2, 0.25) is 20.0 Å². The summed E-state index contributed by atoms with van der Waals surface area (Å²) in [6.07, 6.45) is 3.45. The number of hydrogen-bond acceptors (Lipinski definition) is 6. The molecule has 2 heterocycles. The molecule has 0 unspecified atom stereocenters. The molecular formula is C40H44N6O4S2. The van der Waals surface area contributed by atoms with Crippen LogP contribution in [0.1, 0.15) is 62.6 Å². The summed E-state index contributed by atoms with van der Waals surface area (Å²) in [6.45, 7) is 11.7. The second-order valence-corrected chi connectivity index (χ2v) is 17.3. The first-order chi connectivity index (χ1) is 24.7. The number of nitrogens with one attached hydrogen (secondary N) is 4. The summed E-state index contributed by atoms with van der Waals surface area (Å²) in [7, 11) is -7.49. The van der Waals surface area contributed by atoms with Crippen molar-refractivity contribution >= 4 is 20.0 Å². The molecule has 270 valence electrons. The normalized spacial score (nSPS) is 13.5. The van der Waals surface area contributed by atoms with Gasteiger partial charge in [-0.1, -0.05) is 112 Å². The van der Waals surface area contributed by atoms with E-state index < -0.39 is 32.1 Å².